The number of para-hydroxylation sites is 1. The van der Waals surface area contributed by atoms with Crippen LogP contribution < -0.4 is 14.8 Å². The maximum atomic E-state index is 13.1. The summed E-state index contributed by atoms with van der Waals surface area (Å²) in [7, 11) is 1.67. The van der Waals surface area contributed by atoms with Gasteiger partial charge in [0.2, 0.25) is 0 Å². The quantitative estimate of drug-likeness (QED) is 0.612. The molecule has 5 rings (SSSR count). The van der Waals surface area contributed by atoms with Crippen molar-refractivity contribution < 1.29 is 19.0 Å². The van der Waals surface area contributed by atoms with Crippen molar-refractivity contribution in [3.05, 3.63) is 70.6 Å². The summed E-state index contributed by atoms with van der Waals surface area (Å²) in [6.45, 7) is 4.12. The molecule has 0 aliphatic carbocycles. The molecular formula is C25H26N2O4S. The second-order valence-corrected chi connectivity index (χ2v) is 8.95. The Hall–Kier alpha value is -2.87. The van der Waals surface area contributed by atoms with Gasteiger partial charge in [-0.05, 0) is 35.9 Å². The van der Waals surface area contributed by atoms with Gasteiger partial charge in [0.05, 0.1) is 31.2 Å². The number of thiophene rings is 1. The monoisotopic (exact) mass is 450 g/mol. The first kappa shape index (κ1) is 21.0. The third-order valence-electron chi connectivity index (χ3n) is 5.99. The van der Waals surface area contributed by atoms with Crippen molar-refractivity contribution in [3.63, 3.8) is 0 Å². The van der Waals surface area contributed by atoms with Crippen molar-refractivity contribution in [1.82, 2.24) is 10.2 Å². The van der Waals surface area contributed by atoms with Gasteiger partial charge in [-0.15, -0.1) is 11.3 Å². The van der Waals surface area contributed by atoms with Crippen LogP contribution in [0.2, 0.25) is 0 Å². The summed E-state index contributed by atoms with van der Waals surface area (Å²) >= 11 is 1.53. The Morgan fingerprint density at radius 2 is 1.94 bits per heavy atom. The maximum Gasteiger partial charge on any atom is 0.261 e. The summed E-state index contributed by atoms with van der Waals surface area (Å²) in [5.74, 6) is 1.65. The zero-order valence-corrected chi connectivity index (χ0v) is 18.8. The number of ether oxygens (including phenoxy) is 3. The van der Waals surface area contributed by atoms with Crippen molar-refractivity contribution >= 4 is 17.2 Å². The molecule has 1 fully saturated rings. The number of rotatable bonds is 6. The topological polar surface area (TPSA) is 60.0 Å². The van der Waals surface area contributed by atoms with Crippen molar-refractivity contribution in [3.8, 4) is 21.9 Å². The molecule has 3 heterocycles. The SMILES string of the molecule is COc1ccc([C@@H](CNC(=O)c2cc3c(s2)-c2ccccc2OC3)N2CCOCC2)cc1. The van der Waals surface area contributed by atoms with E-state index in [0.717, 1.165) is 46.2 Å². The number of nitrogens with zero attached hydrogens (tertiary/aromatic N) is 1. The normalized spacial score (nSPS) is 16.4. The molecule has 7 heteroatoms. The van der Waals surface area contributed by atoms with Crippen LogP contribution in [-0.4, -0.2) is 50.8 Å². The Morgan fingerprint density at radius 3 is 2.72 bits per heavy atom. The molecule has 1 saturated heterocycles. The first-order valence-corrected chi connectivity index (χ1v) is 11.6. The standard InChI is InChI=1S/C25H26N2O4S/c1-29-19-8-6-17(7-9-19)21(27-10-12-30-13-11-27)15-26-25(28)23-14-18-16-31-22-5-3-2-4-20(22)24(18)32-23/h2-9,14,21H,10-13,15-16H2,1H3,(H,26,28)/t21-/m1/s1. The van der Waals surface area contributed by atoms with E-state index >= 15 is 0 Å². The van der Waals surface area contributed by atoms with Crippen LogP contribution in [0.15, 0.2) is 54.6 Å². The molecular weight excluding hydrogens is 424 g/mol. The molecule has 1 N–H and O–H groups in total. The lowest BCUT2D eigenvalue weighted by Crippen LogP contribution is -2.43. The molecule has 3 aromatic rings. The minimum Gasteiger partial charge on any atom is -0.497 e. The van der Waals surface area contributed by atoms with Gasteiger partial charge in [0.1, 0.15) is 18.1 Å². The minimum atomic E-state index is -0.0475. The van der Waals surface area contributed by atoms with Crippen LogP contribution in [0.25, 0.3) is 10.4 Å². The highest BCUT2D eigenvalue weighted by Crippen LogP contribution is 2.42. The van der Waals surface area contributed by atoms with E-state index in [1.54, 1.807) is 7.11 Å². The zero-order valence-electron chi connectivity index (χ0n) is 18.0. The highest BCUT2D eigenvalue weighted by molar-refractivity contribution is 7.17. The van der Waals surface area contributed by atoms with Crippen molar-refractivity contribution in [2.24, 2.45) is 0 Å². The fraction of sp³-hybridized carbons (Fsp3) is 0.320. The number of nitrogens with one attached hydrogen (secondary N) is 1. The summed E-state index contributed by atoms with van der Waals surface area (Å²) in [6.07, 6.45) is 0. The number of carbonyl (C=O) groups excluding carboxylic acids is 1. The fourth-order valence-corrected chi connectivity index (χ4v) is 5.37. The van der Waals surface area contributed by atoms with Crippen LogP contribution in [0.4, 0.5) is 0 Å². The summed E-state index contributed by atoms with van der Waals surface area (Å²) in [5.41, 5.74) is 3.28. The third-order valence-corrected chi connectivity index (χ3v) is 7.20. The Labute approximate surface area is 191 Å². The van der Waals surface area contributed by atoms with Crippen molar-refractivity contribution in [2.45, 2.75) is 12.6 Å². The summed E-state index contributed by atoms with van der Waals surface area (Å²) in [4.78, 5) is 17.3. The van der Waals surface area contributed by atoms with Gasteiger partial charge in [0, 0.05) is 35.6 Å². The molecule has 1 aromatic heterocycles. The van der Waals surface area contributed by atoms with E-state index in [2.05, 4.69) is 22.3 Å². The number of hydrogen-bond acceptors (Lipinski definition) is 6. The molecule has 0 bridgehead atoms. The van der Waals surface area contributed by atoms with Crippen molar-refractivity contribution in [2.75, 3.05) is 40.0 Å². The van der Waals surface area contributed by atoms with Gasteiger partial charge in [0.15, 0.2) is 0 Å². The lowest BCUT2D eigenvalue weighted by Gasteiger charge is -2.35. The minimum absolute atomic E-state index is 0.0475. The molecule has 2 aliphatic heterocycles. The highest BCUT2D eigenvalue weighted by Gasteiger charge is 2.25. The van der Waals surface area contributed by atoms with Crippen LogP contribution in [-0.2, 0) is 11.3 Å². The number of benzene rings is 2. The molecule has 2 aromatic carbocycles. The van der Waals surface area contributed by atoms with E-state index < -0.39 is 0 Å². The van der Waals surface area contributed by atoms with Crippen LogP contribution in [0.1, 0.15) is 26.8 Å². The van der Waals surface area contributed by atoms with Gasteiger partial charge in [-0.25, -0.2) is 0 Å². The van der Waals surface area contributed by atoms with E-state index in [0.29, 0.717) is 31.2 Å². The molecule has 166 valence electrons. The highest BCUT2D eigenvalue weighted by atomic mass is 32.1. The smallest absolute Gasteiger partial charge is 0.261 e. The lowest BCUT2D eigenvalue weighted by atomic mass is 10.0. The largest absolute Gasteiger partial charge is 0.497 e. The second-order valence-electron chi connectivity index (χ2n) is 7.90. The number of amides is 1. The second kappa shape index (κ2) is 9.32. The lowest BCUT2D eigenvalue weighted by molar-refractivity contribution is 0.0162. The van der Waals surface area contributed by atoms with E-state index in [1.165, 1.54) is 11.3 Å². The van der Waals surface area contributed by atoms with Gasteiger partial charge in [-0.1, -0.05) is 24.3 Å². The van der Waals surface area contributed by atoms with Crippen LogP contribution >= 0.6 is 11.3 Å². The Balaban J connectivity index is 1.33. The first-order chi connectivity index (χ1) is 15.7. The van der Waals surface area contributed by atoms with Gasteiger partial charge in [-0.3, -0.25) is 9.69 Å². The number of carbonyl (C=O) groups is 1. The molecule has 2 aliphatic rings. The predicted molar refractivity (Wildman–Crippen MR) is 125 cm³/mol. The van der Waals surface area contributed by atoms with Gasteiger partial charge >= 0.3 is 0 Å². The molecule has 1 atom stereocenters. The molecule has 0 saturated carbocycles. The van der Waals surface area contributed by atoms with Gasteiger partial charge < -0.3 is 19.5 Å². The average Bonchev–Trinajstić information content (AvgIpc) is 3.30. The summed E-state index contributed by atoms with van der Waals surface area (Å²) in [5, 5.41) is 3.17. The number of fused-ring (bicyclic) bond motifs is 3. The number of hydrogen-bond donors (Lipinski definition) is 1. The predicted octanol–water partition coefficient (Wildman–Crippen LogP) is 4.12. The Kier molecular flexibility index (Phi) is 6.12. The third kappa shape index (κ3) is 4.24. The molecule has 1 amide bonds. The Bertz CT molecular complexity index is 1090. The molecule has 0 spiro atoms. The van der Waals surface area contributed by atoms with Gasteiger partial charge in [-0.2, -0.15) is 0 Å². The molecule has 0 unspecified atom stereocenters. The number of methoxy groups -OCH3 is 1. The summed E-state index contributed by atoms with van der Waals surface area (Å²) in [6, 6.07) is 18.1. The van der Waals surface area contributed by atoms with E-state index in [-0.39, 0.29) is 11.9 Å². The van der Waals surface area contributed by atoms with Crippen LogP contribution in [0, 0.1) is 0 Å². The van der Waals surface area contributed by atoms with Gasteiger partial charge in [0.25, 0.3) is 5.91 Å². The average molecular weight is 451 g/mol. The van der Waals surface area contributed by atoms with Crippen molar-refractivity contribution in [1.29, 1.82) is 0 Å². The summed E-state index contributed by atoms with van der Waals surface area (Å²) < 4.78 is 16.7. The number of morpholine rings is 1. The van der Waals surface area contributed by atoms with Crippen LogP contribution in [0.3, 0.4) is 0 Å². The van der Waals surface area contributed by atoms with E-state index in [4.69, 9.17) is 14.2 Å². The van der Waals surface area contributed by atoms with Crippen LogP contribution in [0.5, 0.6) is 11.5 Å². The van der Waals surface area contributed by atoms with E-state index in [1.807, 2.05) is 42.5 Å². The zero-order chi connectivity index (χ0) is 21.9. The Morgan fingerprint density at radius 1 is 1.16 bits per heavy atom. The van der Waals surface area contributed by atoms with E-state index in [9.17, 15) is 4.79 Å². The molecule has 6 nitrogen and oxygen atoms in total. The maximum absolute atomic E-state index is 13.1. The molecule has 0 radical (unpaired) electrons. The fourth-order valence-electron chi connectivity index (χ4n) is 4.26. The molecule has 32 heavy (non-hydrogen) atoms. The first-order valence-electron chi connectivity index (χ1n) is 10.8.